The van der Waals surface area contributed by atoms with Gasteiger partial charge in [0.05, 0.1) is 12.8 Å². The van der Waals surface area contributed by atoms with E-state index in [1.54, 1.807) is 0 Å². The highest BCUT2D eigenvalue weighted by Gasteiger charge is 1.97. The molecule has 0 saturated heterocycles. The third kappa shape index (κ3) is 6.06. The van der Waals surface area contributed by atoms with Crippen LogP contribution in [-0.2, 0) is 9.63 Å². The quantitative estimate of drug-likeness (QED) is 0.405. The van der Waals surface area contributed by atoms with E-state index in [9.17, 15) is 0 Å². The number of allylic oxidation sites excluding steroid dienone is 1. The smallest absolute Gasteiger partial charge is 0.230 e. The summed E-state index contributed by atoms with van der Waals surface area (Å²) in [6, 6.07) is 5.63. The van der Waals surface area contributed by atoms with E-state index in [-0.39, 0.29) is 0 Å². The molecule has 0 aromatic carbocycles. The molecule has 6 heteroatoms. The van der Waals surface area contributed by atoms with Crippen LogP contribution in [0.3, 0.4) is 0 Å². The second-order valence-corrected chi connectivity index (χ2v) is 2.87. The minimum atomic E-state index is 0.458. The lowest BCUT2D eigenvalue weighted by molar-refractivity contribution is -0.118. The fourth-order valence-corrected chi connectivity index (χ4v) is 0.959. The Labute approximate surface area is 100.0 Å². The molecular formula is C11H16N4O2. The monoisotopic (exact) mass is 236 g/mol. The molecule has 0 saturated carbocycles. The van der Waals surface area contributed by atoms with Crippen molar-refractivity contribution >= 4 is 18.2 Å². The highest BCUT2D eigenvalue weighted by molar-refractivity contribution is 6.07. The molecular weight excluding hydrogens is 220 g/mol. The summed E-state index contributed by atoms with van der Waals surface area (Å²) in [7, 11) is 1.37. The van der Waals surface area contributed by atoms with Gasteiger partial charge in [-0.3, -0.25) is 14.6 Å². The number of nitrogens with two attached hydrogens (primary N) is 1. The van der Waals surface area contributed by atoms with E-state index in [1.165, 1.54) is 19.5 Å². The number of rotatable bonds is 4. The van der Waals surface area contributed by atoms with Gasteiger partial charge in [-0.25, -0.2) is 5.48 Å². The van der Waals surface area contributed by atoms with Gasteiger partial charge in [0.1, 0.15) is 0 Å². The first-order valence-electron chi connectivity index (χ1n) is 4.78. The molecule has 0 aliphatic carbocycles. The highest BCUT2D eigenvalue weighted by atomic mass is 16.6. The Kier molecular flexibility index (Phi) is 7.87. The molecule has 1 aromatic heterocycles. The zero-order chi connectivity index (χ0) is 13.1. The molecule has 1 amide bonds. The second kappa shape index (κ2) is 9.05. The van der Waals surface area contributed by atoms with Crippen LogP contribution in [0.4, 0.5) is 0 Å². The normalized spacial score (nSPS) is 9.88. The second-order valence-electron chi connectivity index (χ2n) is 2.87. The summed E-state index contributed by atoms with van der Waals surface area (Å²) in [5, 5.41) is 7.05. The van der Waals surface area contributed by atoms with Gasteiger partial charge in [0, 0.05) is 23.7 Å². The fourth-order valence-electron chi connectivity index (χ4n) is 0.959. The van der Waals surface area contributed by atoms with E-state index >= 15 is 0 Å². The maximum atomic E-state index is 9.17. The fraction of sp³-hybridized carbons (Fsp3) is 0.182. The minimum absolute atomic E-state index is 0.458. The number of hydrogen-bond donors (Lipinski definition) is 3. The maximum absolute atomic E-state index is 9.17. The first kappa shape index (κ1) is 14.8. The number of carbonyl (C=O) groups is 1. The highest BCUT2D eigenvalue weighted by Crippen LogP contribution is 2.07. The van der Waals surface area contributed by atoms with Crippen LogP contribution in [-0.4, -0.2) is 24.7 Å². The van der Waals surface area contributed by atoms with Crippen molar-refractivity contribution in [3.05, 3.63) is 35.8 Å². The number of aromatic nitrogens is 1. The topological polar surface area (TPSA) is 101 Å². The summed E-state index contributed by atoms with van der Waals surface area (Å²) < 4.78 is 0. The SMILES string of the molecule is CONC=O.Cc1cccc(/C(C=N)=C/N)n1. The number of hydrogen-bond acceptors (Lipinski definition) is 5. The van der Waals surface area contributed by atoms with Gasteiger partial charge in [-0.05, 0) is 19.1 Å². The summed E-state index contributed by atoms with van der Waals surface area (Å²) in [6.07, 6.45) is 3.04. The lowest BCUT2D eigenvalue weighted by Gasteiger charge is -1.99. The number of hydroxylamine groups is 1. The molecule has 1 heterocycles. The molecule has 1 aromatic rings. The molecule has 6 nitrogen and oxygen atoms in total. The van der Waals surface area contributed by atoms with Crippen molar-refractivity contribution in [1.29, 1.82) is 5.41 Å². The number of carbonyl (C=O) groups excluding carboxylic acids is 1. The molecule has 0 spiro atoms. The van der Waals surface area contributed by atoms with Crippen molar-refractivity contribution in [3.8, 4) is 0 Å². The molecule has 0 unspecified atom stereocenters. The van der Waals surface area contributed by atoms with Gasteiger partial charge in [0.15, 0.2) is 0 Å². The largest absolute Gasteiger partial charge is 0.404 e. The van der Waals surface area contributed by atoms with Crippen molar-refractivity contribution in [2.45, 2.75) is 6.92 Å². The number of pyridine rings is 1. The van der Waals surface area contributed by atoms with E-state index in [0.29, 0.717) is 12.0 Å². The lowest BCUT2D eigenvalue weighted by Crippen LogP contribution is -2.06. The Morgan fingerprint density at radius 2 is 2.29 bits per heavy atom. The van der Waals surface area contributed by atoms with E-state index in [1.807, 2.05) is 30.6 Å². The summed E-state index contributed by atoms with van der Waals surface area (Å²) in [6.45, 7) is 1.90. The predicted octanol–water partition coefficient (Wildman–Crippen LogP) is 0.633. The molecule has 0 radical (unpaired) electrons. The molecule has 4 N–H and O–H groups in total. The molecule has 92 valence electrons. The van der Waals surface area contributed by atoms with Crippen LogP contribution in [0, 0.1) is 12.3 Å². The van der Waals surface area contributed by atoms with Gasteiger partial charge in [-0.1, -0.05) is 6.07 Å². The van der Waals surface area contributed by atoms with E-state index < -0.39 is 0 Å². The molecule has 0 bridgehead atoms. The van der Waals surface area contributed by atoms with Gasteiger partial charge in [0.25, 0.3) is 0 Å². The zero-order valence-corrected chi connectivity index (χ0v) is 9.81. The molecule has 0 aliphatic heterocycles. The van der Waals surface area contributed by atoms with Crippen LogP contribution >= 0.6 is 0 Å². The third-order valence-corrected chi connectivity index (χ3v) is 1.69. The van der Waals surface area contributed by atoms with E-state index in [4.69, 9.17) is 15.9 Å². The Morgan fingerprint density at radius 3 is 2.65 bits per heavy atom. The maximum Gasteiger partial charge on any atom is 0.230 e. The average Bonchev–Trinajstić information content (AvgIpc) is 2.33. The van der Waals surface area contributed by atoms with Gasteiger partial charge in [0.2, 0.25) is 6.41 Å². The summed E-state index contributed by atoms with van der Waals surface area (Å²) in [5.74, 6) is 0. The molecule has 0 fully saturated rings. The van der Waals surface area contributed by atoms with Crippen molar-refractivity contribution in [1.82, 2.24) is 10.5 Å². The van der Waals surface area contributed by atoms with Crippen LogP contribution in [0.25, 0.3) is 5.57 Å². The van der Waals surface area contributed by atoms with Crippen LogP contribution in [0.2, 0.25) is 0 Å². The van der Waals surface area contributed by atoms with E-state index in [0.717, 1.165) is 11.4 Å². The van der Waals surface area contributed by atoms with Crippen LogP contribution < -0.4 is 11.2 Å². The van der Waals surface area contributed by atoms with Crippen molar-refractivity contribution in [2.24, 2.45) is 5.73 Å². The summed E-state index contributed by atoms with van der Waals surface area (Å²) >= 11 is 0. The van der Waals surface area contributed by atoms with Crippen molar-refractivity contribution in [2.75, 3.05) is 7.11 Å². The summed E-state index contributed by atoms with van der Waals surface area (Å²) in [5.41, 5.74) is 9.55. The predicted molar refractivity (Wildman–Crippen MR) is 66.1 cm³/mol. The average molecular weight is 236 g/mol. The third-order valence-electron chi connectivity index (χ3n) is 1.69. The number of nitrogens with one attached hydrogen (secondary N) is 2. The lowest BCUT2D eigenvalue weighted by atomic mass is 10.2. The first-order valence-corrected chi connectivity index (χ1v) is 4.78. The summed E-state index contributed by atoms with van der Waals surface area (Å²) in [4.78, 5) is 17.5. The van der Waals surface area contributed by atoms with Gasteiger partial charge in [-0.2, -0.15) is 0 Å². The van der Waals surface area contributed by atoms with Crippen LogP contribution in [0.1, 0.15) is 11.4 Å². The van der Waals surface area contributed by atoms with Gasteiger partial charge >= 0.3 is 0 Å². The minimum Gasteiger partial charge on any atom is -0.404 e. The van der Waals surface area contributed by atoms with E-state index in [2.05, 4.69) is 9.82 Å². The Morgan fingerprint density at radius 1 is 1.59 bits per heavy atom. The van der Waals surface area contributed by atoms with Crippen LogP contribution in [0.15, 0.2) is 24.4 Å². The first-order chi connectivity index (χ1) is 8.19. The van der Waals surface area contributed by atoms with Crippen molar-refractivity contribution < 1.29 is 9.63 Å². The Bertz CT molecular complexity index is 391. The number of aryl methyl sites for hydroxylation is 1. The Balaban J connectivity index is 0.000000437. The molecule has 0 atom stereocenters. The van der Waals surface area contributed by atoms with Crippen LogP contribution in [0.5, 0.6) is 0 Å². The molecule has 0 aliphatic rings. The molecule has 1 rings (SSSR count). The Hall–Kier alpha value is -2.21. The van der Waals surface area contributed by atoms with Gasteiger partial charge in [-0.15, -0.1) is 0 Å². The molecule has 17 heavy (non-hydrogen) atoms. The zero-order valence-electron chi connectivity index (χ0n) is 9.81. The number of nitrogens with zero attached hydrogens (tertiary/aromatic N) is 1. The standard InChI is InChI=1S/C9H11N3.C2H5NO2/c1-7-3-2-4-9(12-7)8(5-10)6-11;1-5-3-2-4/h2-6,10H,11H2,1H3;2H,1H3,(H,3,4)/b8-6+,10-5?;. The van der Waals surface area contributed by atoms with Gasteiger partial charge < -0.3 is 11.1 Å². The van der Waals surface area contributed by atoms with Crippen molar-refractivity contribution in [3.63, 3.8) is 0 Å². The number of amides is 1.